The van der Waals surface area contributed by atoms with Crippen LogP contribution in [0, 0.1) is 5.92 Å². The fourth-order valence-electron chi connectivity index (χ4n) is 3.99. The van der Waals surface area contributed by atoms with Crippen molar-refractivity contribution in [2.45, 2.75) is 13.3 Å². The molecular formula is C29H28N2O8. The molecule has 0 radical (unpaired) electrons. The van der Waals surface area contributed by atoms with Crippen LogP contribution in [0.1, 0.15) is 23.7 Å². The molecule has 0 bridgehead atoms. The van der Waals surface area contributed by atoms with Gasteiger partial charge in [0.05, 0.1) is 25.2 Å². The number of para-hydroxylation sites is 2. The van der Waals surface area contributed by atoms with Crippen molar-refractivity contribution in [1.82, 2.24) is 0 Å². The minimum absolute atomic E-state index is 0.0186. The molecule has 1 aliphatic rings. The third-order valence-corrected chi connectivity index (χ3v) is 5.93. The van der Waals surface area contributed by atoms with Crippen LogP contribution >= 0.6 is 0 Å². The molecule has 0 aromatic heterocycles. The topological polar surface area (TPSA) is 120 Å². The molecular weight excluding hydrogens is 504 g/mol. The van der Waals surface area contributed by atoms with E-state index in [1.54, 1.807) is 62.6 Å². The van der Waals surface area contributed by atoms with Gasteiger partial charge in [-0.05, 0) is 67.6 Å². The van der Waals surface area contributed by atoms with Gasteiger partial charge in [0.1, 0.15) is 5.75 Å². The van der Waals surface area contributed by atoms with E-state index < -0.39 is 30.4 Å². The number of hydrogen-bond donors (Lipinski definition) is 1. The highest BCUT2D eigenvalue weighted by molar-refractivity contribution is 6.00. The molecule has 0 unspecified atom stereocenters. The van der Waals surface area contributed by atoms with Crippen LogP contribution in [0.5, 0.6) is 17.2 Å². The Bertz CT molecular complexity index is 1340. The van der Waals surface area contributed by atoms with Crippen LogP contribution in [-0.2, 0) is 23.9 Å². The summed E-state index contributed by atoms with van der Waals surface area (Å²) in [7, 11) is 1.56. The zero-order chi connectivity index (χ0) is 27.8. The van der Waals surface area contributed by atoms with Crippen molar-refractivity contribution < 1.29 is 38.1 Å². The van der Waals surface area contributed by atoms with Crippen molar-refractivity contribution in [2.24, 2.45) is 5.92 Å². The normalized spacial score (nSPS) is 14.5. The number of amides is 2. The Labute approximate surface area is 225 Å². The Morgan fingerprint density at radius 2 is 1.62 bits per heavy atom. The minimum atomic E-state index is -0.696. The summed E-state index contributed by atoms with van der Waals surface area (Å²) in [5, 5.41) is 2.59. The van der Waals surface area contributed by atoms with Gasteiger partial charge < -0.3 is 29.2 Å². The molecule has 3 aromatic rings. The highest BCUT2D eigenvalue weighted by Crippen LogP contribution is 2.33. The van der Waals surface area contributed by atoms with Crippen molar-refractivity contribution in [3.8, 4) is 17.2 Å². The number of methoxy groups -OCH3 is 1. The number of nitrogens with one attached hydrogen (secondary N) is 1. The Morgan fingerprint density at radius 3 is 2.28 bits per heavy atom. The molecule has 10 heteroatoms. The van der Waals surface area contributed by atoms with Crippen LogP contribution in [0.2, 0.25) is 0 Å². The van der Waals surface area contributed by atoms with E-state index in [1.807, 2.05) is 12.1 Å². The molecule has 10 nitrogen and oxygen atoms in total. The highest BCUT2D eigenvalue weighted by atomic mass is 16.5. The van der Waals surface area contributed by atoms with Crippen molar-refractivity contribution in [3.63, 3.8) is 0 Å². The zero-order valence-electron chi connectivity index (χ0n) is 21.5. The van der Waals surface area contributed by atoms with Crippen molar-refractivity contribution >= 4 is 35.1 Å². The first-order valence-corrected chi connectivity index (χ1v) is 12.3. The van der Waals surface area contributed by atoms with Gasteiger partial charge in [-0.15, -0.1) is 0 Å². The lowest BCUT2D eigenvalue weighted by Crippen LogP contribution is -2.28. The van der Waals surface area contributed by atoms with Crippen LogP contribution in [0.15, 0.2) is 72.8 Å². The molecule has 4 rings (SSSR count). The zero-order valence-corrected chi connectivity index (χ0v) is 21.5. The van der Waals surface area contributed by atoms with Gasteiger partial charge in [0.15, 0.2) is 18.1 Å². The maximum absolute atomic E-state index is 12.6. The summed E-state index contributed by atoms with van der Waals surface area (Å²) in [5.41, 5.74) is 1.41. The second-order valence-electron chi connectivity index (χ2n) is 8.61. The Kier molecular flexibility index (Phi) is 8.78. The third-order valence-electron chi connectivity index (χ3n) is 5.93. The molecule has 0 spiro atoms. The standard InChI is InChI=1S/C29H28N2O8/c1-3-37-28(34)19-8-10-21(11-9-19)30-26(32)18-38-29(35)20-16-27(33)31(17-20)22-12-14-23(15-13-22)39-25-7-5-4-6-24(25)36-2/h4-15,20H,3,16-18H2,1-2H3,(H,30,32)/t20-/m0/s1. The second kappa shape index (κ2) is 12.6. The van der Waals surface area contributed by atoms with E-state index >= 15 is 0 Å². The fourth-order valence-corrected chi connectivity index (χ4v) is 3.99. The molecule has 1 aliphatic heterocycles. The van der Waals surface area contributed by atoms with Crippen molar-refractivity contribution in [2.75, 3.05) is 37.1 Å². The quantitative estimate of drug-likeness (QED) is 0.386. The highest BCUT2D eigenvalue weighted by Gasteiger charge is 2.36. The number of esters is 2. The smallest absolute Gasteiger partial charge is 0.338 e. The third kappa shape index (κ3) is 6.92. The van der Waals surface area contributed by atoms with Crippen LogP contribution in [0.25, 0.3) is 0 Å². The first kappa shape index (κ1) is 27.2. The molecule has 1 fully saturated rings. The first-order valence-electron chi connectivity index (χ1n) is 12.3. The summed E-state index contributed by atoms with van der Waals surface area (Å²) in [5.74, 6) is -0.827. The van der Waals surface area contributed by atoms with Crippen LogP contribution in [-0.4, -0.2) is 50.6 Å². The molecule has 0 aliphatic carbocycles. The number of carbonyl (C=O) groups excluding carboxylic acids is 4. The predicted octanol–water partition coefficient (Wildman–Crippen LogP) is 4.20. The lowest BCUT2D eigenvalue weighted by Gasteiger charge is -2.17. The SMILES string of the molecule is CCOC(=O)c1ccc(NC(=O)COC(=O)[C@H]2CC(=O)N(c3ccc(Oc4ccccc4OC)cc3)C2)cc1. The predicted molar refractivity (Wildman–Crippen MR) is 142 cm³/mol. The first-order chi connectivity index (χ1) is 18.9. The van der Waals surface area contributed by atoms with Crippen molar-refractivity contribution in [3.05, 3.63) is 78.4 Å². The van der Waals surface area contributed by atoms with Gasteiger partial charge >= 0.3 is 11.9 Å². The van der Waals surface area contributed by atoms with Gasteiger partial charge in [-0.1, -0.05) is 12.1 Å². The summed E-state index contributed by atoms with van der Waals surface area (Å²) in [6.07, 6.45) is -0.0186. The molecule has 39 heavy (non-hydrogen) atoms. The molecule has 2 amide bonds. The molecule has 3 aromatic carbocycles. The summed E-state index contributed by atoms with van der Waals surface area (Å²) < 4.78 is 21.2. The summed E-state index contributed by atoms with van der Waals surface area (Å²) in [6, 6.07) is 20.3. The Morgan fingerprint density at radius 1 is 0.923 bits per heavy atom. The largest absolute Gasteiger partial charge is 0.493 e. The summed E-state index contributed by atoms with van der Waals surface area (Å²) in [6.45, 7) is 1.61. The minimum Gasteiger partial charge on any atom is -0.493 e. The van der Waals surface area contributed by atoms with Crippen LogP contribution in [0.3, 0.4) is 0 Å². The molecule has 1 N–H and O–H groups in total. The number of ether oxygens (including phenoxy) is 4. The Hall–Kier alpha value is -4.86. The number of rotatable bonds is 10. The fraction of sp³-hybridized carbons (Fsp3) is 0.241. The van der Waals surface area contributed by atoms with Crippen molar-refractivity contribution in [1.29, 1.82) is 0 Å². The molecule has 1 atom stereocenters. The van der Waals surface area contributed by atoms with E-state index in [2.05, 4.69) is 5.32 Å². The van der Waals surface area contributed by atoms with E-state index in [9.17, 15) is 19.2 Å². The van der Waals surface area contributed by atoms with Gasteiger partial charge in [0.25, 0.3) is 5.91 Å². The number of benzene rings is 3. The number of anilines is 2. The van der Waals surface area contributed by atoms with E-state index in [4.69, 9.17) is 18.9 Å². The van der Waals surface area contributed by atoms with E-state index in [1.165, 1.54) is 17.0 Å². The summed E-state index contributed by atoms with van der Waals surface area (Å²) >= 11 is 0. The molecule has 0 saturated carbocycles. The van der Waals surface area contributed by atoms with E-state index in [0.717, 1.165) is 0 Å². The maximum atomic E-state index is 12.6. The Balaban J connectivity index is 1.27. The molecule has 1 saturated heterocycles. The maximum Gasteiger partial charge on any atom is 0.338 e. The van der Waals surface area contributed by atoms with Crippen LogP contribution in [0.4, 0.5) is 11.4 Å². The monoisotopic (exact) mass is 532 g/mol. The average molecular weight is 533 g/mol. The van der Waals surface area contributed by atoms with E-state index in [0.29, 0.717) is 34.2 Å². The molecule has 202 valence electrons. The average Bonchev–Trinajstić information content (AvgIpc) is 3.34. The number of hydrogen-bond acceptors (Lipinski definition) is 8. The summed E-state index contributed by atoms with van der Waals surface area (Å²) in [4.78, 5) is 50.6. The van der Waals surface area contributed by atoms with Gasteiger partial charge in [-0.25, -0.2) is 4.79 Å². The number of carbonyl (C=O) groups is 4. The van der Waals surface area contributed by atoms with Gasteiger partial charge in [0.2, 0.25) is 5.91 Å². The lowest BCUT2D eigenvalue weighted by atomic mass is 10.1. The van der Waals surface area contributed by atoms with Gasteiger partial charge in [0, 0.05) is 24.3 Å². The number of nitrogens with zero attached hydrogens (tertiary/aromatic N) is 1. The molecule has 1 heterocycles. The lowest BCUT2D eigenvalue weighted by molar-refractivity contribution is -0.151. The van der Waals surface area contributed by atoms with E-state index in [-0.39, 0.29) is 25.5 Å². The van der Waals surface area contributed by atoms with Crippen LogP contribution < -0.4 is 19.7 Å². The van der Waals surface area contributed by atoms with Gasteiger partial charge in [-0.2, -0.15) is 0 Å². The second-order valence-corrected chi connectivity index (χ2v) is 8.61. The van der Waals surface area contributed by atoms with Gasteiger partial charge in [-0.3, -0.25) is 14.4 Å².